The van der Waals surface area contributed by atoms with Crippen LogP contribution in [-0.2, 0) is 4.74 Å². The lowest BCUT2D eigenvalue weighted by Gasteiger charge is -2.15. The van der Waals surface area contributed by atoms with Crippen molar-refractivity contribution in [3.8, 4) is 5.75 Å². The number of hydrogen-bond acceptors (Lipinski definition) is 7. The van der Waals surface area contributed by atoms with Crippen LogP contribution in [0.15, 0.2) is 54.0 Å². The van der Waals surface area contributed by atoms with E-state index < -0.39 is 4.92 Å². The Morgan fingerprint density at radius 3 is 2.81 bits per heavy atom. The highest BCUT2D eigenvalue weighted by Gasteiger charge is 2.13. The van der Waals surface area contributed by atoms with Crippen LogP contribution in [0.1, 0.15) is 28.4 Å². The van der Waals surface area contributed by atoms with E-state index in [1.165, 1.54) is 17.4 Å². The van der Waals surface area contributed by atoms with Gasteiger partial charge < -0.3 is 9.47 Å². The Bertz CT molecular complexity index is 1080. The molecule has 0 saturated carbocycles. The number of amides is 1. The molecule has 3 aromatic rings. The van der Waals surface area contributed by atoms with Crippen LogP contribution in [0, 0.1) is 10.1 Å². The minimum absolute atomic E-state index is 0.00149. The smallest absolute Gasteiger partial charge is 0.276 e. The maximum Gasteiger partial charge on any atom is 0.276 e. The number of hydrogen-bond donors (Lipinski definition) is 1. The topological polar surface area (TPSA) is 104 Å². The van der Waals surface area contributed by atoms with Crippen LogP contribution < -0.4 is 10.1 Å². The number of ether oxygens (including phenoxy) is 2. The van der Waals surface area contributed by atoms with Gasteiger partial charge in [-0.2, -0.15) is 0 Å². The fourth-order valence-corrected chi connectivity index (χ4v) is 3.38. The molecule has 0 radical (unpaired) electrons. The number of rotatable bonds is 9. The van der Waals surface area contributed by atoms with Gasteiger partial charge in [0.05, 0.1) is 17.1 Å². The molecule has 0 spiro atoms. The lowest BCUT2D eigenvalue weighted by atomic mass is 10.1. The van der Waals surface area contributed by atoms with Gasteiger partial charge in [0.1, 0.15) is 11.9 Å². The lowest BCUT2D eigenvalue weighted by molar-refractivity contribution is -0.385. The molecule has 160 valence electrons. The molecule has 2 aromatic carbocycles. The number of methoxy groups -OCH3 is 1. The summed E-state index contributed by atoms with van der Waals surface area (Å²) in [5.41, 5.74) is 1.49. The minimum atomic E-state index is -0.432. The molecule has 1 aromatic heterocycles. The zero-order chi connectivity index (χ0) is 22.2. The molecule has 1 heterocycles. The summed E-state index contributed by atoms with van der Waals surface area (Å²) in [7, 11) is 1.58. The standard InChI is InChI=1S/C22H21N3O5S/c1-15(14-29-2)30-19-12-16(7-8-17-5-3-4-6-20(17)25(27)28)11-18(13-19)21(26)24-22-23-9-10-31-22/h3-13,15H,14H2,1-2H3,(H,23,24,26)/b8-7+/t15-/m0/s1. The fraction of sp³-hybridized carbons (Fsp3) is 0.182. The Morgan fingerprint density at radius 2 is 2.10 bits per heavy atom. The molecule has 0 saturated heterocycles. The Labute approximate surface area is 183 Å². The second kappa shape index (κ2) is 10.5. The summed E-state index contributed by atoms with van der Waals surface area (Å²) >= 11 is 1.31. The number of benzene rings is 2. The number of para-hydroxylation sites is 1. The van der Waals surface area contributed by atoms with Gasteiger partial charge in [0.25, 0.3) is 11.6 Å². The summed E-state index contributed by atoms with van der Waals surface area (Å²) in [6.45, 7) is 2.24. The molecule has 0 aliphatic rings. The van der Waals surface area contributed by atoms with E-state index in [2.05, 4.69) is 10.3 Å². The van der Waals surface area contributed by atoms with Crippen molar-refractivity contribution in [3.63, 3.8) is 0 Å². The van der Waals surface area contributed by atoms with Gasteiger partial charge in [-0.05, 0) is 42.8 Å². The summed E-state index contributed by atoms with van der Waals surface area (Å²) in [5.74, 6) is 0.152. The predicted octanol–water partition coefficient (Wildman–Crippen LogP) is 4.89. The van der Waals surface area contributed by atoms with Gasteiger partial charge >= 0.3 is 0 Å². The van der Waals surface area contributed by atoms with Crippen LogP contribution in [0.25, 0.3) is 12.2 Å². The van der Waals surface area contributed by atoms with Gasteiger partial charge in [-0.1, -0.05) is 18.2 Å². The summed E-state index contributed by atoms with van der Waals surface area (Å²) in [6.07, 6.45) is 4.72. The van der Waals surface area contributed by atoms with Gasteiger partial charge in [-0.3, -0.25) is 20.2 Å². The van der Waals surface area contributed by atoms with Crippen molar-refractivity contribution in [2.45, 2.75) is 13.0 Å². The number of nitrogens with one attached hydrogen (secondary N) is 1. The van der Waals surface area contributed by atoms with Crippen LogP contribution in [0.3, 0.4) is 0 Å². The SMILES string of the molecule is COC[C@H](C)Oc1cc(/C=C/c2ccccc2[N+](=O)[O-])cc(C(=O)Nc2nccs2)c1. The minimum Gasteiger partial charge on any atom is -0.488 e. The molecule has 0 aliphatic heterocycles. The first kappa shape index (κ1) is 22.1. The second-order valence-electron chi connectivity index (χ2n) is 6.62. The lowest BCUT2D eigenvalue weighted by Crippen LogP contribution is -2.18. The van der Waals surface area contributed by atoms with Gasteiger partial charge in [0.15, 0.2) is 5.13 Å². The number of aromatic nitrogens is 1. The Kier molecular flexibility index (Phi) is 7.47. The van der Waals surface area contributed by atoms with E-state index in [0.717, 1.165) is 0 Å². The van der Waals surface area contributed by atoms with Crippen molar-refractivity contribution in [2.24, 2.45) is 0 Å². The van der Waals surface area contributed by atoms with E-state index in [1.54, 1.807) is 67.2 Å². The largest absolute Gasteiger partial charge is 0.488 e. The van der Waals surface area contributed by atoms with Crippen LogP contribution in [0.2, 0.25) is 0 Å². The van der Waals surface area contributed by atoms with Crippen molar-refractivity contribution < 1.29 is 19.2 Å². The summed E-state index contributed by atoms with van der Waals surface area (Å²) in [6, 6.07) is 11.5. The first-order valence-electron chi connectivity index (χ1n) is 9.39. The average molecular weight is 439 g/mol. The van der Waals surface area contributed by atoms with Crippen molar-refractivity contribution in [1.82, 2.24) is 4.98 Å². The molecule has 1 atom stereocenters. The fourth-order valence-electron chi connectivity index (χ4n) is 2.85. The van der Waals surface area contributed by atoms with E-state index in [0.29, 0.717) is 34.2 Å². The van der Waals surface area contributed by atoms with Crippen molar-refractivity contribution in [1.29, 1.82) is 0 Å². The van der Waals surface area contributed by atoms with Crippen molar-refractivity contribution in [2.75, 3.05) is 19.0 Å². The second-order valence-corrected chi connectivity index (χ2v) is 7.51. The number of carbonyl (C=O) groups is 1. The third kappa shape index (κ3) is 6.21. The molecule has 0 fully saturated rings. The van der Waals surface area contributed by atoms with E-state index in [9.17, 15) is 14.9 Å². The van der Waals surface area contributed by atoms with Crippen LogP contribution in [0.4, 0.5) is 10.8 Å². The Morgan fingerprint density at radius 1 is 1.29 bits per heavy atom. The van der Waals surface area contributed by atoms with Gasteiger partial charge in [0, 0.05) is 30.3 Å². The Balaban J connectivity index is 1.92. The molecule has 1 amide bonds. The third-order valence-corrected chi connectivity index (χ3v) is 4.86. The molecule has 8 nitrogen and oxygen atoms in total. The average Bonchev–Trinajstić information content (AvgIpc) is 3.25. The number of nitro benzene ring substituents is 1. The predicted molar refractivity (Wildman–Crippen MR) is 120 cm³/mol. The summed E-state index contributed by atoms with van der Waals surface area (Å²) < 4.78 is 11.0. The monoisotopic (exact) mass is 439 g/mol. The maximum absolute atomic E-state index is 12.7. The van der Waals surface area contributed by atoms with E-state index in [1.807, 2.05) is 6.92 Å². The van der Waals surface area contributed by atoms with Crippen LogP contribution in [0.5, 0.6) is 5.75 Å². The quantitative estimate of drug-likeness (QED) is 0.289. The molecule has 0 unspecified atom stereocenters. The van der Waals surface area contributed by atoms with E-state index in [4.69, 9.17) is 9.47 Å². The van der Waals surface area contributed by atoms with Gasteiger partial charge in [-0.25, -0.2) is 4.98 Å². The highest BCUT2D eigenvalue weighted by atomic mass is 32.1. The normalized spacial score (nSPS) is 11.9. The van der Waals surface area contributed by atoms with Gasteiger partial charge in [0.2, 0.25) is 0 Å². The van der Waals surface area contributed by atoms with Crippen LogP contribution in [-0.4, -0.2) is 35.6 Å². The number of carbonyl (C=O) groups excluding carboxylic acids is 1. The molecule has 9 heteroatoms. The molecule has 1 N–H and O–H groups in total. The number of nitro groups is 1. The maximum atomic E-state index is 12.7. The first-order chi connectivity index (χ1) is 15.0. The number of anilines is 1. The molecule has 3 rings (SSSR count). The Hall–Kier alpha value is -3.56. The summed E-state index contributed by atoms with van der Waals surface area (Å²) in [4.78, 5) is 27.6. The van der Waals surface area contributed by atoms with E-state index >= 15 is 0 Å². The van der Waals surface area contributed by atoms with Crippen molar-refractivity contribution >= 4 is 40.2 Å². The zero-order valence-corrected chi connectivity index (χ0v) is 17.8. The van der Waals surface area contributed by atoms with E-state index in [-0.39, 0.29) is 17.7 Å². The molecule has 0 bridgehead atoms. The molecule has 31 heavy (non-hydrogen) atoms. The number of nitrogens with zero attached hydrogens (tertiary/aromatic N) is 2. The molecule has 0 aliphatic carbocycles. The highest BCUT2D eigenvalue weighted by Crippen LogP contribution is 2.24. The zero-order valence-electron chi connectivity index (χ0n) is 17.0. The highest BCUT2D eigenvalue weighted by molar-refractivity contribution is 7.13. The third-order valence-electron chi connectivity index (χ3n) is 4.17. The first-order valence-corrected chi connectivity index (χ1v) is 10.3. The molecular weight excluding hydrogens is 418 g/mol. The van der Waals surface area contributed by atoms with Crippen LogP contribution >= 0.6 is 11.3 Å². The van der Waals surface area contributed by atoms with Gasteiger partial charge in [-0.15, -0.1) is 11.3 Å². The molecular formula is C22H21N3O5S. The summed E-state index contributed by atoms with van der Waals surface area (Å²) in [5, 5.41) is 16.2. The van der Waals surface area contributed by atoms with Crippen molar-refractivity contribution in [3.05, 3.63) is 80.8 Å². The number of thiazole rings is 1.